The average molecular weight is 221 g/mol. The van der Waals surface area contributed by atoms with Crippen molar-refractivity contribution in [1.82, 2.24) is 15.1 Å². The smallest absolute Gasteiger partial charge is 0.266 e. The molecule has 16 heavy (non-hydrogen) atoms. The van der Waals surface area contributed by atoms with E-state index in [1.165, 1.54) is 32.1 Å². The van der Waals surface area contributed by atoms with Crippen LogP contribution in [0.4, 0.5) is 0 Å². The molecule has 1 saturated heterocycles. The number of aromatic nitrogens is 2. The lowest BCUT2D eigenvalue weighted by Gasteiger charge is -2.23. The summed E-state index contributed by atoms with van der Waals surface area (Å²) >= 11 is 0. The molecule has 2 aliphatic rings. The van der Waals surface area contributed by atoms with Crippen LogP contribution in [-0.4, -0.2) is 22.4 Å². The molecule has 4 nitrogen and oxygen atoms in total. The topological polar surface area (TPSA) is 49.8 Å². The molecule has 3 rings (SSSR count). The van der Waals surface area contributed by atoms with Crippen molar-refractivity contribution in [2.45, 2.75) is 50.6 Å². The third-order valence-electron chi connectivity index (χ3n) is 3.64. The van der Waals surface area contributed by atoms with Crippen LogP contribution in [-0.2, 0) is 6.54 Å². The number of hydrogen-bond acceptors (Lipinski definition) is 2. The lowest BCUT2D eigenvalue weighted by atomic mass is 10.1. The molecule has 0 radical (unpaired) electrons. The van der Waals surface area contributed by atoms with Crippen molar-refractivity contribution in [3.63, 3.8) is 0 Å². The summed E-state index contributed by atoms with van der Waals surface area (Å²) in [5.74, 6) is 0.633. The molecule has 4 heteroatoms. The van der Waals surface area contributed by atoms with E-state index in [1.807, 2.05) is 0 Å². The number of hydrogen-bond donors (Lipinski definition) is 2. The van der Waals surface area contributed by atoms with Crippen molar-refractivity contribution in [1.29, 1.82) is 0 Å². The van der Waals surface area contributed by atoms with Crippen molar-refractivity contribution in [3.8, 4) is 0 Å². The Bertz CT molecular complexity index is 410. The van der Waals surface area contributed by atoms with Crippen LogP contribution in [0, 0.1) is 0 Å². The molecule has 1 aliphatic heterocycles. The Morgan fingerprint density at radius 3 is 2.88 bits per heavy atom. The van der Waals surface area contributed by atoms with E-state index in [-0.39, 0.29) is 5.56 Å². The zero-order valence-electron chi connectivity index (χ0n) is 9.54. The molecule has 2 heterocycles. The largest absolute Gasteiger partial charge is 0.312 e. The zero-order chi connectivity index (χ0) is 11.0. The first-order chi connectivity index (χ1) is 7.83. The van der Waals surface area contributed by atoms with Crippen LogP contribution in [0.15, 0.2) is 10.9 Å². The second kappa shape index (κ2) is 4.09. The first-order valence-corrected chi connectivity index (χ1v) is 6.36. The molecule has 1 saturated carbocycles. The first kappa shape index (κ1) is 10.1. The molecular formula is C12H19N3O. The first-order valence-electron chi connectivity index (χ1n) is 6.36. The van der Waals surface area contributed by atoms with Gasteiger partial charge in [-0.2, -0.15) is 0 Å². The van der Waals surface area contributed by atoms with E-state index < -0.39 is 0 Å². The third-order valence-corrected chi connectivity index (χ3v) is 3.64. The molecule has 0 amide bonds. The molecule has 0 unspecified atom stereocenters. The van der Waals surface area contributed by atoms with Gasteiger partial charge in [0.1, 0.15) is 0 Å². The van der Waals surface area contributed by atoms with Gasteiger partial charge < -0.3 is 5.32 Å². The summed E-state index contributed by atoms with van der Waals surface area (Å²) in [4.78, 5) is 11.7. The summed E-state index contributed by atoms with van der Waals surface area (Å²) in [5, 5.41) is 6.72. The molecule has 2 fully saturated rings. The van der Waals surface area contributed by atoms with Gasteiger partial charge in [0.05, 0.1) is 6.54 Å². The van der Waals surface area contributed by atoms with Gasteiger partial charge in [0.15, 0.2) is 0 Å². The third kappa shape index (κ3) is 2.07. The predicted octanol–water partition coefficient (Wildman–Crippen LogP) is 1.20. The molecule has 1 aliphatic carbocycles. The Kier molecular flexibility index (Phi) is 2.59. The van der Waals surface area contributed by atoms with Gasteiger partial charge in [-0.25, -0.2) is 0 Å². The highest BCUT2D eigenvalue weighted by Crippen LogP contribution is 2.38. The van der Waals surface area contributed by atoms with Crippen molar-refractivity contribution >= 4 is 0 Å². The quantitative estimate of drug-likeness (QED) is 0.805. The number of aromatic amines is 1. The minimum atomic E-state index is 0.134. The number of nitrogens with zero attached hydrogens (tertiary/aromatic N) is 1. The lowest BCUT2D eigenvalue weighted by Crippen LogP contribution is -2.39. The average Bonchev–Trinajstić information content (AvgIpc) is 3.07. The molecule has 1 atom stereocenters. The monoisotopic (exact) mass is 221 g/mol. The van der Waals surface area contributed by atoms with Gasteiger partial charge in [-0.15, -0.1) is 0 Å². The lowest BCUT2D eigenvalue weighted by molar-refractivity contribution is 0.347. The van der Waals surface area contributed by atoms with Crippen LogP contribution in [0.2, 0.25) is 0 Å². The second-order valence-electron chi connectivity index (χ2n) is 5.08. The number of H-pyrrole nitrogens is 1. The van der Waals surface area contributed by atoms with Crippen LogP contribution in [0.25, 0.3) is 0 Å². The van der Waals surface area contributed by atoms with E-state index in [9.17, 15) is 4.79 Å². The number of nitrogens with one attached hydrogen (secondary N) is 2. The molecule has 0 bridgehead atoms. The minimum absolute atomic E-state index is 0.134. The zero-order valence-corrected chi connectivity index (χ0v) is 9.54. The van der Waals surface area contributed by atoms with Gasteiger partial charge in [-0.3, -0.25) is 14.6 Å². The summed E-state index contributed by atoms with van der Waals surface area (Å²) in [6.07, 6.45) is 6.21. The van der Waals surface area contributed by atoms with Crippen molar-refractivity contribution in [3.05, 3.63) is 22.1 Å². The molecule has 2 N–H and O–H groups in total. The number of piperidine rings is 1. The Morgan fingerprint density at radius 1 is 1.31 bits per heavy atom. The normalized spacial score (nSPS) is 25.9. The van der Waals surface area contributed by atoms with E-state index >= 15 is 0 Å². The summed E-state index contributed by atoms with van der Waals surface area (Å²) < 4.78 is 1.77. The fourth-order valence-electron chi connectivity index (χ4n) is 2.49. The Morgan fingerprint density at radius 2 is 2.19 bits per heavy atom. The van der Waals surface area contributed by atoms with E-state index in [0.717, 1.165) is 18.8 Å². The van der Waals surface area contributed by atoms with Gasteiger partial charge in [-0.05, 0) is 32.2 Å². The van der Waals surface area contributed by atoms with Crippen LogP contribution >= 0.6 is 0 Å². The predicted molar refractivity (Wildman–Crippen MR) is 62.7 cm³/mol. The molecule has 1 aromatic rings. The van der Waals surface area contributed by atoms with Crippen LogP contribution in [0.3, 0.4) is 0 Å². The maximum Gasteiger partial charge on any atom is 0.266 e. The standard InChI is InChI=1S/C12H19N3O/c16-12-7-11(9-4-5-9)14-15(12)8-10-3-1-2-6-13-10/h7,9-10,13-14H,1-6,8H2/t10-/m1/s1. The SMILES string of the molecule is O=c1cc(C2CC2)[nH]n1C[C@H]1CCCCN1. The van der Waals surface area contributed by atoms with Gasteiger partial charge in [0, 0.05) is 23.7 Å². The highest BCUT2D eigenvalue weighted by atomic mass is 16.1. The van der Waals surface area contributed by atoms with Crippen LogP contribution < -0.4 is 10.9 Å². The van der Waals surface area contributed by atoms with E-state index in [1.54, 1.807) is 10.7 Å². The fraction of sp³-hybridized carbons (Fsp3) is 0.750. The highest BCUT2D eigenvalue weighted by Gasteiger charge is 2.26. The van der Waals surface area contributed by atoms with Crippen molar-refractivity contribution < 1.29 is 0 Å². The van der Waals surface area contributed by atoms with Crippen LogP contribution in [0.5, 0.6) is 0 Å². The van der Waals surface area contributed by atoms with Gasteiger partial charge in [0.2, 0.25) is 0 Å². The Hall–Kier alpha value is -1.03. The number of rotatable bonds is 3. The van der Waals surface area contributed by atoms with E-state index in [0.29, 0.717) is 12.0 Å². The fourth-order valence-corrected chi connectivity index (χ4v) is 2.49. The summed E-state index contributed by atoms with van der Waals surface area (Å²) in [6, 6.07) is 2.25. The molecule has 88 valence electrons. The summed E-state index contributed by atoms with van der Waals surface area (Å²) in [5.41, 5.74) is 1.27. The van der Waals surface area contributed by atoms with Gasteiger partial charge in [-0.1, -0.05) is 6.42 Å². The summed E-state index contributed by atoms with van der Waals surface area (Å²) in [7, 11) is 0. The molecular weight excluding hydrogens is 202 g/mol. The minimum Gasteiger partial charge on any atom is -0.312 e. The maximum absolute atomic E-state index is 11.7. The summed E-state index contributed by atoms with van der Waals surface area (Å²) in [6.45, 7) is 1.89. The van der Waals surface area contributed by atoms with E-state index in [4.69, 9.17) is 0 Å². The Balaban J connectivity index is 1.70. The van der Waals surface area contributed by atoms with Crippen LogP contribution in [0.1, 0.15) is 43.7 Å². The van der Waals surface area contributed by atoms with Gasteiger partial charge in [0.25, 0.3) is 5.56 Å². The molecule has 0 spiro atoms. The molecule has 1 aromatic heterocycles. The highest BCUT2D eigenvalue weighted by molar-refractivity contribution is 5.12. The van der Waals surface area contributed by atoms with Crippen molar-refractivity contribution in [2.24, 2.45) is 0 Å². The van der Waals surface area contributed by atoms with Crippen molar-refractivity contribution in [2.75, 3.05) is 6.54 Å². The van der Waals surface area contributed by atoms with E-state index in [2.05, 4.69) is 10.4 Å². The van der Waals surface area contributed by atoms with Gasteiger partial charge >= 0.3 is 0 Å². The second-order valence-corrected chi connectivity index (χ2v) is 5.08. The Labute approximate surface area is 95.0 Å². The maximum atomic E-state index is 11.7. The molecule has 0 aromatic carbocycles.